The van der Waals surface area contributed by atoms with Gasteiger partial charge in [-0.15, -0.1) is 0 Å². The predicted octanol–water partition coefficient (Wildman–Crippen LogP) is -0.118. The third-order valence-corrected chi connectivity index (χ3v) is 4.23. The molecule has 0 aromatic carbocycles. The van der Waals surface area contributed by atoms with Gasteiger partial charge in [0.2, 0.25) is 17.7 Å². The molecule has 7 nitrogen and oxygen atoms in total. The van der Waals surface area contributed by atoms with Crippen molar-refractivity contribution in [1.82, 2.24) is 9.80 Å². The number of likely N-dealkylation sites (tertiary alicyclic amines) is 1. The van der Waals surface area contributed by atoms with E-state index in [9.17, 15) is 14.4 Å². The molecule has 2 aliphatic heterocycles. The maximum atomic E-state index is 12.5. The van der Waals surface area contributed by atoms with E-state index < -0.39 is 5.91 Å². The summed E-state index contributed by atoms with van der Waals surface area (Å²) in [5.74, 6) is -0.521. The first-order valence-electron chi connectivity index (χ1n) is 8.01. The first kappa shape index (κ1) is 16.7. The van der Waals surface area contributed by atoms with Gasteiger partial charge in [0, 0.05) is 25.9 Å². The summed E-state index contributed by atoms with van der Waals surface area (Å²) >= 11 is 0. The molecular weight excluding hydrogens is 286 g/mol. The Labute approximate surface area is 130 Å². The van der Waals surface area contributed by atoms with Crippen LogP contribution in [0.3, 0.4) is 0 Å². The first-order valence-corrected chi connectivity index (χ1v) is 8.01. The zero-order valence-corrected chi connectivity index (χ0v) is 13.0. The van der Waals surface area contributed by atoms with Crippen molar-refractivity contribution < 1.29 is 19.1 Å². The van der Waals surface area contributed by atoms with E-state index in [1.165, 1.54) is 0 Å². The van der Waals surface area contributed by atoms with Crippen molar-refractivity contribution in [1.29, 1.82) is 0 Å². The highest BCUT2D eigenvalue weighted by atomic mass is 16.5. The number of hydrogen-bond acceptors (Lipinski definition) is 4. The summed E-state index contributed by atoms with van der Waals surface area (Å²) in [6.45, 7) is 1.94. The SMILES string of the molecule is NC(=O)CC1COCCN1C(=O)CN1CCCCCCC1=O. The number of rotatable bonds is 4. The van der Waals surface area contributed by atoms with Crippen LogP contribution in [-0.4, -0.2) is 66.4 Å². The number of hydrogen-bond donors (Lipinski definition) is 1. The Morgan fingerprint density at radius 2 is 1.95 bits per heavy atom. The van der Waals surface area contributed by atoms with Gasteiger partial charge in [-0.2, -0.15) is 0 Å². The molecule has 1 atom stereocenters. The molecule has 0 aromatic heterocycles. The van der Waals surface area contributed by atoms with Gasteiger partial charge in [-0.1, -0.05) is 12.8 Å². The highest BCUT2D eigenvalue weighted by Crippen LogP contribution is 2.14. The fourth-order valence-electron chi connectivity index (χ4n) is 3.02. The largest absolute Gasteiger partial charge is 0.377 e. The molecule has 0 aromatic rings. The second-order valence-electron chi connectivity index (χ2n) is 5.97. The lowest BCUT2D eigenvalue weighted by Crippen LogP contribution is -2.53. The topological polar surface area (TPSA) is 92.9 Å². The maximum Gasteiger partial charge on any atom is 0.242 e. The summed E-state index contributed by atoms with van der Waals surface area (Å²) < 4.78 is 5.33. The molecule has 2 N–H and O–H groups in total. The van der Waals surface area contributed by atoms with Gasteiger partial charge in [-0.3, -0.25) is 14.4 Å². The fraction of sp³-hybridized carbons (Fsp3) is 0.800. The Bertz CT molecular complexity index is 427. The summed E-state index contributed by atoms with van der Waals surface area (Å²) in [4.78, 5) is 39.0. The van der Waals surface area contributed by atoms with Crippen LogP contribution < -0.4 is 5.73 Å². The van der Waals surface area contributed by atoms with Crippen molar-refractivity contribution in [2.75, 3.05) is 32.8 Å². The average molecular weight is 311 g/mol. The van der Waals surface area contributed by atoms with Gasteiger partial charge in [0.25, 0.3) is 0 Å². The minimum Gasteiger partial charge on any atom is -0.377 e. The number of amides is 3. The van der Waals surface area contributed by atoms with Crippen LogP contribution >= 0.6 is 0 Å². The zero-order valence-electron chi connectivity index (χ0n) is 13.0. The lowest BCUT2D eigenvalue weighted by molar-refractivity contribution is -0.147. The van der Waals surface area contributed by atoms with Crippen LogP contribution in [0.2, 0.25) is 0 Å². The van der Waals surface area contributed by atoms with Crippen molar-refractivity contribution >= 4 is 17.7 Å². The maximum absolute atomic E-state index is 12.5. The standard InChI is InChI=1S/C15H25N3O4/c16-13(19)9-12-11-22-8-7-18(12)15(21)10-17-6-4-2-1-3-5-14(17)20/h12H,1-11H2,(H2,16,19). The van der Waals surface area contributed by atoms with Gasteiger partial charge >= 0.3 is 0 Å². The molecule has 3 amide bonds. The minimum atomic E-state index is -0.448. The molecule has 1 unspecified atom stereocenters. The van der Waals surface area contributed by atoms with Crippen LogP contribution in [0, 0.1) is 0 Å². The van der Waals surface area contributed by atoms with Crippen molar-refractivity contribution in [3.8, 4) is 0 Å². The van der Waals surface area contributed by atoms with Crippen LogP contribution in [-0.2, 0) is 19.1 Å². The van der Waals surface area contributed by atoms with Gasteiger partial charge in [0.05, 0.1) is 25.8 Å². The molecule has 2 heterocycles. The highest BCUT2D eigenvalue weighted by molar-refractivity contribution is 5.85. The molecule has 22 heavy (non-hydrogen) atoms. The van der Waals surface area contributed by atoms with E-state index >= 15 is 0 Å². The molecule has 0 saturated carbocycles. The van der Waals surface area contributed by atoms with Crippen LogP contribution in [0.25, 0.3) is 0 Å². The number of carbonyl (C=O) groups is 3. The molecule has 124 valence electrons. The molecule has 7 heteroatoms. The van der Waals surface area contributed by atoms with E-state index in [-0.39, 0.29) is 30.8 Å². The molecule has 2 saturated heterocycles. The lowest BCUT2D eigenvalue weighted by Gasteiger charge is -2.36. The Balaban J connectivity index is 1.95. The molecule has 0 aliphatic carbocycles. The molecule has 2 rings (SSSR count). The van der Waals surface area contributed by atoms with E-state index in [1.807, 2.05) is 0 Å². The van der Waals surface area contributed by atoms with Crippen LogP contribution in [0.4, 0.5) is 0 Å². The summed E-state index contributed by atoms with van der Waals surface area (Å²) in [5, 5.41) is 0. The van der Waals surface area contributed by atoms with Gasteiger partial charge in [0.15, 0.2) is 0 Å². The van der Waals surface area contributed by atoms with Gasteiger partial charge in [0.1, 0.15) is 0 Å². The normalized spacial score (nSPS) is 23.8. The third-order valence-electron chi connectivity index (χ3n) is 4.23. The predicted molar refractivity (Wildman–Crippen MR) is 79.8 cm³/mol. The molecule has 2 fully saturated rings. The second kappa shape index (κ2) is 8.12. The van der Waals surface area contributed by atoms with Crippen LogP contribution in [0.15, 0.2) is 0 Å². The Hall–Kier alpha value is -1.63. The van der Waals surface area contributed by atoms with Crippen LogP contribution in [0.5, 0.6) is 0 Å². The van der Waals surface area contributed by atoms with E-state index in [1.54, 1.807) is 9.80 Å². The molecular formula is C15H25N3O4. The Morgan fingerprint density at radius 1 is 1.18 bits per heavy atom. The lowest BCUT2D eigenvalue weighted by atomic mass is 10.1. The third kappa shape index (κ3) is 4.69. The number of nitrogens with two attached hydrogens (primary N) is 1. The summed E-state index contributed by atoms with van der Waals surface area (Å²) in [5.41, 5.74) is 5.23. The highest BCUT2D eigenvalue weighted by Gasteiger charge is 2.30. The number of ether oxygens (including phenoxy) is 1. The first-order chi connectivity index (χ1) is 10.6. The summed E-state index contributed by atoms with van der Waals surface area (Å²) in [7, 11) is 0. The molecule has 0 bridgehead atoms. The average Bonchev–Trinajstić information content (AvgIpc) is 2.47. The Kier molecular flexibility index (Phi) is 6.18. The number of primary amides is 1. The van der Waals surface area contributed by atoms with Crippen molar-refractivity contribution in [2.24, 2.45) is 5.73 Å². The number of carbonyl (C=O) groups excluding carboxylic acids is 3. The van der Waals surface area contributed by atoms with E-state index in [0.29, 0.717) is 32.7 Å². The fourth-order valence-corrected chi connectivity index (χ4v) is 3.02. The molecule has 2 aliphatic rings. The van der Waals surface area contributed by atoms with Gasteiger partial charge < -0.3 is 20.3 Å². The van der Waals surface area contributed by atoms with Crippen molar-refractivity contribution in [2.45, 2.75) is 44.6 Å². The summed E-state index contributed by atoms with van der Waals surface area (Å²) in [6.07, 6.45) is 4.62. The monoisotopic (exact) mass is 311 g/mol. The minimum absolute atomic E-state index is 0.0489. The summed E-state index contributed by atoms with van der Waals surface area (Å²) in [6, 6.07) is -0.316. The van der Waals surface area contributed by atoms with E-state index in [0.717, 1.165) is 25.7 Å². The van der Waals surface area contributed by atoms with Crippen molar-refractivity contribution in [3.05, 3.63) is 0 Å². The van der Waals surface area contributed by atoms with E-state index in [4.69, 9.17) is 10.5 Å². The van der Waals surface area contributed by atoms with Gasteiger partial charge in [-0.25, -0.2) is 0 Å². The van der Waals surface area contributed by atoms with E-state index in [2.05, 4.69) is 0 Å². The quantitative estimate of drug-likeness (QED) is 0.783. The smallest absolute Gasteiger partial charge is 0.242 e. The van der Waals surface area contributed by atoms with Crippen LogP contribution in [0.1, 0.15) is 38.5 Å². The molecule has 0 radical (unpaired) electrons. The number of nitrogens with zero attached hydrogens (tertiary/aromatic N) is 2. The van der Waals surface area contributed by atoms with Crippen molar-refractivity contribution in [3.63, 3.8) is 0 Å². The zero-order chi connectivity index (χ0) is 15.9. The van der Waals surface area contributed by atoms with Gasteiger partial charge in [-0.05, 0) is 12.8 Å². The molecule has 0 spiro atoms. The second-order valence-corrected chi connectivity index (χ2v) is 5.97. The number of morpholine rings is 1. The Morgan fingerprint density at radius 3 is 2.73 bits per heavy atom.